The number of hydrogen-bond acceptors (Lipinski definition) is 3. The molecule has 1 aromatic carbocycles. The Morgan fingerprint density at radius 2 is 2.31 bits per heavy atom. The lowest BCUT2D eigenvalue weighted by Crippen LogP contribution is -1.98. The van der Waals surface area contributed by atoms with Crippen LogP contribution < -0.4 is 0 Å². The molecule has 0 amide bonds. The molecule has 3 nitrogen and oxygen atoms in total. The maximum absolute atomic E-state index is 9.01. The van der Waals surface area contributed by atoms with Crippen molar-refractivity contribution in [3.05, 3.63) is 41.2 Å². The molecule has 2 aromatic rings. The maximum Gasteiger partial charge on any atom is 0.226 e. The van der Waals surface area contributed by atoms with E-state index in [4.69, 9.17) is 21.1 Å². The Hall–Kier alpha value is -1.32. The van der Waals surface area contributed by atoms with E-state index in [1.807, 2.05) is 19.1 Å². The van der Waals surface area contributed by atoms with Gasteiger partial charge in [-0.05, 0) is 18.2 Å². The number of rotatable bonds is 3. The molecule has 1 atom stereocenters. The van der Waals surface area contributed by atoms with Gasteiger partial charge in [0.05, 0.1) is 12.3 Å². The second-order valence-corrected chi connectivity index (χ2v) is 4.11. The van der Waals surface area contributed by atoms with Gasteiger partial charge in [-0.1, -0.05) is 24.6 Å². The van der Waals surface area contributed by atoms with E-state index in [2.05, 4.69) is 4.98 Å². The molecule has 1 N–H and O–H groups in total. The van der Waals surface area contributed by atoms with Crippen molar-refractivity contribution in [2.75, 3.05) is 6.61 Å². The van der Waals surface area contributed by atoms with Gasteiger partial charge in [0.1, 0.15) is 6.26 Å². The van der Waals surface area contributed by atoms with E-state index in [9.17, 15) is 0 Å². The van der Waals surface area contributed by atoms with Gasteiger partial charge in [0.25, 0.3) is 0 Å². The second-order valence-electron chi connectivity index (χ2n) is 3.67. The van der Waals surface area contributed by atoms with Crippen molar-refractivity contribution in [2.24, 2.45) is 0 Å². The molecule has 16 heavy (non-hydrogen) atoms. The quantitative estimate of drug-likeness (QED) is 0.892. The van der Waals surface area contributed by atoms with E-state index in [1.165, 1.54) is 0 Å². The van der Waals surface area contributed by atoms with Crippen LogP contribution in [0.4, 0.5) is 0 Å². The number of aromatic nitrogens is 1. The molecule has 1 heterocycles. The molecule has 1 aromatic heterocycles. The predicted octanol–water partition coefficient (Wildman–Crippen LogP) is 3.09. The lowest BCUT2D eigenvalue weighted by molar-refractivity contribution is 0.271. The Kier molecular flexibility index (Phi) is 3.27. The Labute approximate surface area is 98.7 Å². The molecule has 2 rings (SSSR count). The average Bonchev–Trinajstić information content (AvgIpc) is 2.77. The van der Waals surface area contributed by atoms with Crippen LogP contribution in [0.3, 0.4) is 0 Å². The van der Waals surface area contributed by atoms with Crippen molar-refractivity contribution in [1.29, 1.82) is 0 Å². The second kappa shape index (κ2) is 4.68. The summed E-state index contributed by atoms with van der Waals surface area (Å²) in [4.78, 5) is 4.31. The van der Waals surface area contributed by atoms with E-state index < -0.39 is 0 Å². The predicted molar refractivity (Wildman–Crippen MR) is 62.4 cm³/mol. The summed E-state index contributed by atoms with van der Waals surface area (Å²) in [6, 6.07) is 7.31. The van der Waals surface area contributed by atoms with Crippen molar-refractivity contribution < 1.29 is 9.52 Å². The summed E-state index contributed by atoms with van der Waals surface area (Å²) in [5.74, 6) is 0.509. The van der Waals surface area contributed by atoms with Crippen LogP contribution in [0.5, 0.6) is 0 Å². The van der Waals surface area contributed by atoms with Gasteiger partial charge >= 0.3 is 0 Å². The lowest BCUT2D eigenvalue weighted by atomic mass is 10.1. The van der Waals surface area contributed by atoms with Gasteiger partial charge in [0.15, 0.2) is 0 Å². The van der Waals surface area contributed by atoms with Crippen molar-refractivity contribution >= 4 is 11.6 Å². The fourth-order valence-electron chi connectivity index (χ4n) is 1.36. The topological polar surface area (TPSA) is 46.3 Å². The van der Waals surface area contributed by atoms with Gasteiger partial charge in [-0.25, -0.2) is 4.98 Å². The highest BCUT2D eigenvalue weighted by molar-refractivity contribution is 6.30. The highest BCUT2D eigenvalue weighted by atomic mass is 35.5. The summed E-state index contributed by atoms with van der Waals surface area (Å²) in [7, 11) is 0. The molecule has 84 valence electrons. The van der Waals surface area contributed by atoms with Gasteiger partial charge < -0.3 is 9.52 Å². The normalized spacial score (nSPS) is 12.7. The van der Waals surface area contributed by atoms with Crippen LogP contribution in [0.2, 0.25) is 5.02 Å². The van der Waals surface area contributed by atoms with Crippen LogP contribution in [0.15, 0.2) is 34.9 Å². The summed E-state index contributed by atoms with van der Waals surface area (Å²) in [5.41, 5.74) is 1.58. The summed E-state index contributed by atoms with van der Waals surface area (Å²) < 4.78 is 5.35. The number of benzene rings is 1. The van der Waals surface area contributed by atoms with Gasteiger partial charge in [0, 0.05) is 16.5 Å². The lowest BCUT2D eigenvalue weighted by Gasteiger charge is -2.00. The van der Waals surface area contributed by atoms with Crippen LogP contribution in [-0.2, 0) is 0 Å². The third-order valence-electron chi connectivity index (χ3n) is 2.37. The fourth-order valence-corrected chi connectivity index (χ4v) is 1.55. The molecule has 1 unspecified atom stereocenters. The average molecular weight is 238 g/mol. The van der Waals surface area contributed by atoms with Gasteiger partial charge in [-0.3, -0.25) is 0 Å². The van der Waals surface area contributed by atoms with E-state index in [0.717, 1.165) is 11.3 Å². The molecule has 0 aliphatic rings. The number of hydrogen-bond donors (Lipinski definition) is 1. The molecule has 0 bridgehead atoms. The zero-order valence-corrected chi connectivity index (χ0v) is 9.61. The minimum Gasteiger partial charge on any atom is -0.444 e. The van der Waals surface area contributed by atoms with Crippen molar-refractivity contribution in [3.63, 3.8) is 0 Å². The van der Waals surface area contributed by atoms with Crippen LogP contribution in [0.25, 0.3) is 11.5 Å². The zero-order valence-electron chi connectivity index (χ0n) is 8.85. The Balaban J connectivity index is 2.31. The van der Waals surface area contributed by atoms with E-state index in [0.29, 0.717) is 10.9 Å². The first kappa shape index (κ1) is 11.2. The number of aliphatic hydroxyl groups is 1. The molecule has 0 spiro atoms. The summed E-state index contributed by atoms with van der Waals surface area (Å²) >= 11 is 5.88. The Morgan fingerprint density at radius 1 is 1.50 bits per heavy atom. The van der Waals surface area contributed by atoms with Gasteiger partial charge in [-0.2, -0.15) is 0 Å². The van der Waals surface area contributed by atoms with E-state index >= 15 is 0 Å². The number of halogens is 1. The van der Waals surface area contributed by atoms with Crippen LogP contribution in [0, 0.1) is 0 Å². The Morgan fingerprint density at radius 3 is 3.00 bits per heavy atom. The van der Waals surface area contributed by atoms with Crippen molar-refractivity contribution in [2.45, 2.75) is 12.8 Å². The molecular weight excluding hydrogens is 226 g/mol. The molecular formula is C12H12ClNO2. The Bertz CT molecular complexity index is 481. The third kappa shape index (κ3) is 2.26. The minimum atomic E-state index is -0.0170. The van der Waals surface area contributed by atoms with Crippen molar-refractivity contribution in [1.82, 2.24) is 4.98 Å². The monoisotopic (exact) mass is 237 g/mol. The fraction of sp³-hybridized carbons (Fsp3) is 0.250. The first-order valence-electron chi connectivity index (χ1n) is 5.03. The molecule has 0 saturated heterocycles. The van der Waals surface area contributed by atoms with Gasteiger partial charge in [-0.15, -0.1) is 0 Å². The van der Waals surface area contributed by atoms with Crippen LogP contribution >= 0.6 is 11.6 Å². The SMILES string of the molecule is CC(CO)c1coc(-c2cccc(Cl)c2)n1. The highest BCUT2D eigenvalue weighted by Gasteiger charge is 2.11. The molecule has 0 fully saturated rings. The molecule has 0 aliphatic carbocycles. The van der Waals surface area contributed by atoms with Crippen LogP contribution in [-0.4, -0.2) is 16.7 Å². The number of aliphatic hydroxyl groups excluding tert-OH is 1. The molecule has 0 aliphatic heterocycles. The standard InChI is InChI=1S/C12H12ClNO2/c1-8(6-15)11-7-16-12(14-11)9-3-2-4-10(13)5-9/h2-5,7-8,15H,6H2,1H3. The summed E-state index contributed by atoms with van der Waals surface area (Å²) in [6.07, 6.45) is 1.57. The minimum absolute atomic E-state index is 0.0170. The van der Waals surface area contributed by atoms with Gasteiger partial charge in [0.2, 0.25) is 5.89 Å². The first-order chi connectivity index (χ1) is 7.70. The van der Waals surface area contributed by atoms with Crippen LogP contribution in [0.1, 0.15) is 18.5 Å². The maximum atomic E-state index is 9.01. The number of oxazole rings is 1. The first-order valence-corrected chi connectivity index (χ1v) is 5.40. The smallest absolute Gasteiger partial charge is 0.226 e. The molecule has 0 radical (unpaired) electrons. The highest BCUT2D eigenvalue weighted by Crippen LogP contribution is 2.24. The van der Waals surface area contributed by atoms with E-state index in [1.54, 1.807) is 18.4 Å². The summed E-state index contributed by atoms with van der Waals surface area (Å²) in [6.45, 7) is 1.95. The van der Waals surface area contributed by atoms with E-state index in [-0.39, 0.29) is 12.5 Å². The molecule has 4 heteroatoms. The number of nitrogens with zero attached hydrogens (tertiary/aromatic N) is 1. The largest absolute Gasteiger partial charge is 0.444 e. The zero-order chi connectivity index (χ0) is 11.5. The third-order valence-corrected chi connectivity index (χ3v) is 2.61. The molecule has 0 saturated carbocycles. The van der Waals surface area contributed by atoms with Crippen molar-refractivity contribution in [3.8, 4) is 11.5 Å². The summed E-state index contributed by atoms with van der Waals surface area (Å²) in [5, 5.41) is 9.66.